The largest absolute Gasteiger partial charge is 0.396 e. The zero-order valence-corrected chi connectivity index (χ0v) is 10.0. The summed E-state index contributed by atoms with van der Waals surface area (Å²) in [7, 11) is 0. The smallest absolute Gasteiger partial charge is 0.0494 e. The van der Waals surface area contributed by atoms with Gasteiger partial charge in [-0.15, -0.1) is 0 Å². The molecule has 1 rings (SSSR count). The van der Waals surface area contributed by atoms with Gasteiger partial charge >= 0.3 is 0 Å². The molecule has 0 saturated heterocycles. The van der Waals surface area contributed by atoms with E-state index in [2.05, 4.69) is 33.0 Å². The van der Waals surface area contributed by atoms with E-state index in [1.807, 2.05) is 0 Å². The number of aliphatic hydroxyl groups is 1. The summed E-state index contributed by atoms with van der Waals surface area (Å²) >= 11 is 0. The number of hydrogen-bond acceptors (Lipinski definition) is 2. The van der Waals surface area contributed by atoms with E-state index in [9.17, 15) is 0 Å². The maximum absolute atomic E-state index is 9.16. The first-order chi connectivity index (χ1) is 6.46. The highest BCUT2D eigenvalue weighted by molar-refractivity contribution is 4.89. The minimum atomic E-state index is 0.0159. The summed E-state index contributed by atoms with van der Waals surface area (Å²) < 4.78 is 0. The Morgan fingerprint density at radius 3 is 2.29 bits per heavy atom. The molecule has 1 aliphatic rings. The van der Waals surface area contributed by atoms with Crippen molar-refractivity contribution in [2.24, 2.45) is 17.3 Å². The second kappa shape index (κ2) is 4.63. The maximum atomic E-state index is 9.16. The van der Waals surface area contributed by atoms with Crippen molar-refractivity contribution in [2.45, 2.75) is 46.6 Å². The normalized spacial score (nSPS) is 20.1. The minimum Gasteiger partial charge on any atom is -0.396 e. The molecule has 14 heavy (non-hydrogen) atoms. The first kappa shape index (κ1) is 12.0. The second-order valence-corrected chi connectivity index (χ2v) is 5.81. The summed E-state index contributed by atoms with van der Waals surface area (Å²) in [5.41, 5.74) is 0.0159. The Kier molecular flexibility index (Phi) is 3.96. The van der Waals surface area contributed by atoms with E-state index in [0.717, 1.165) is 12.5 Å². The van der Waals surface area contributed by atoms with E-state index in [0.29, 0.717) is 12.0 Å². The van der Waals surface area contributed by atoms with E-state index >= 15 is 0 Å². The number of nitrogens with one attached hydrogen (secondary N) is 1. The standard InChI is InChI=1S/C12H25NO/c1-9(2)11(10-5-6-10)13-7-12(3,4)8-14/h9-11,13-14H,5-8H2,1-4H3. The fraction of sp³-hybridized carbons (Fsp3) is 1.00. The third-order valence-electron chi connectivity index (χ3n) is 3.09. The molecule has 0 spiro atoms. The first-order valence-corrected chi connectivity index (χ1v) is 5.80. The van der Waals surface area contributed by atoms with Crippen LogP contribution in [0.4, 0.5) is 0 Å². The molecule has 0 bridgehead atoms. The zero-order chi connectivity index (χ0) is 10.8. The van der Waals surface area contributed by atoms with Crippen molar-refractivity contribution < 1.29 is 5.11 Å². The fourth-order valence-electron chi connectivity index (χ4n) is 1.85. The molecule has 0 aromatic heterocycles. The van der Waals surface area contributed by atoms with Gasteiger partial charge in [-0.05, 0) is 24.7 Å². The summed E-state index contributed by atoms with van der Waals surface area (Å²) in [4.78, 5) is 0. The molecular weight excluding hydrogens is 174 g/mol. The molecule has 0 amide bonds. The van der Waals surface area contributed by atoms with E-state index in [1.54, 1.807) is 0 Å². The Bertz CT molecular complexity index is 171. The predicted octanol–water partition coefficient (Wildman–Crippen LogP) is 2.03. The molecule has 0 radical (unpaired) electrons. The lowest BCUT2D eigenvalue weighted by Gasteiger charge is -2.28. The van der Waals surface area contributed by atoms with Crippen LogP contribution in [0.25, 0.3) is 0 Å². The molecule has 1 aliphatic carbocycles. The SMILES string of the molecule is CC(C)C(NCC(C)(C)CO)C1CC1. The lowest BCUT2D eigenvalue weighted by Crippen LogP contribution is -2.42. The van der Waals surface area contributed by atoms with Crippen molar-refractivity contribution in [3.63, 3.8) is 0 Å². The van der Waals surface area contributed by atoms with E-state index in [-0.39, 0.29) is 12.0 Å². The summed E-state index contributed by atoms with van der Waals surface area (Å²) in [6.07, 6.45) is 2.77. The van der Waals surface area contributed by atoms with Gasteiger partial charge in [-0.25, -0.2) is 0 Å². The molecule has 1 saturated carbocycles. The van der Waals surface area contributed by atoms with Gasteiger partial charge in [0.2, 0.25) is 0 Å². The molecule has 0 aromatic carbocycles. The molecule has 0 aliphatic heterocycles. The monoisotopic (exact) mass is 199 g/mol. The van der Waals surface area contributed by atoms with Crippen molar-refractivity contribution in [3.8, 4) is 0 Å². The van der Waals surface area contributed by atoms with Crippen LogP contribution >= 0.6 is 0 Å². The molecule has 0 heterocycles. The van der Waals surface area contributed by atoms with Crippen LogP contribution in [-0.2, 0) is 0 Å². The summed E-state index contributed by atoms with van der Waals surface area (Å²) in [5.74, 6) is 1.60. The summed E-state index contributed by atoms with van der Waals surface area (Å²) in [5, 5.41) is 12.8. The second-order valence-electron chi connectivity index (χ2n) is 5.81. The van der Waals surface area contributed by atoms with E-state index < -0.39 is 0 Å². The highest BCUT2D eigenvalue weighted by Gasteiger charge is 2.33. The molecule has 2 N–H and O–H groups in total. The topological polar surface area (TPSA) is 32.3 Å². The Labute approximate surface area is 88.1 Å². The van der Waals surface area contributed by atoms with Gasteiger partial charge in [-0.2, -0.15) is 0 Å². The Morgan fingerprint density at radius 1 is 1.36 bits per heavy atom. The average Bonchev–Trinajstić information content (AvgIpc) is 2.88. The van der Waals surface area contributed by atoms with Crippen molar-refractivity contribution in [2.75, 3.05) is 13.2 Å². The van der Waals surface area contributed by atoms with Gasteiger partial charge in [0.05, 0.1) is 0 Å². The number of aliphatic hydroxyl groups excluding tert-OH is 1. The predicted molar refractivity (Wildman–Crippen MR) is 60.2 cm³/mol. The van der Waals surface area contributed by atoms with Gasteiger partial charge in [0.25, 0.3) is 0 Å². The summed E-state index contributed by atoms with van der Waals surface area (Å²) in [6.45, 7) is 9.94. The molecule has 84 valence electrons. The van der Waals surface area contributed by atoms with Crippen molar-refractivity contribution in [1.29, 1.82) is 0 Å². The van der Waals surface area contributed by atoms with E-state index in [4.69, 9.17) is 5.11 Å². The van der Waals surface area contributed by atoms with Gasteiger partial charge in [-0.3, -0.25) is 0 Å². The average molecular weight is 199 g/mol. The van der Waals surface area contributed by atoms with Crippen molar-refractivity contribution in [1.82, 2.24) is 5.32 Å². The van der Waals surface area contributed by atoms with Crippen LogP contribution in [0.15, 0.2) is 0 Å². The van der Waals surface area contributed by atoms with Crippen LogP contribution in [0.5, 0.6) is 0 Å². The molecule has 1 fully saturated rings. The van der Waals surface area contributed by atoms with E-state index in [1.165, 1.54) is 12.8 Å². The van der Waals surface area contributed by atoms with Crippen molar-refractivity contribution >= 4 is 0 Å². The van der Waals surface area contributed by atoms with Crippen LogP contribution in [0.1, 0.15) is 40.5 Å². The zero-order valence-electron chi connectivity index (χ0n) is 10.0. The van der Waals surface area contributed by atoms with Gasteiger partial charge in [-0.1, -0.05) is 27.7 Å². The van der Waals surface area contributed by atoms with Crippen LogP contribution in [0.2, 0.25) is 0 Å². The number of hydrogen-bond donors (Lipinski definition) is 2. The lowest BCUT2D eigenvalue weighted by atomic mass is 9.92. The third-order valence-corrected chi connectivity index (χ3v) is 3.09. The highest BCUT2D eigenvalue weighted by atomic mass is 16.3. The Morgan fingerprint density at radius 2 is 1.93 bits per heavy atom. The molecular formula is C12H25NO. The minimum absolute atomic E-state index is 0.0159. The quantitative estimate of drug-likeness (QED) is 0.686. The van der Waals surface area contributed by atoms with Crippen LogP contribution in [0.3, 0.4) is 0 Å². The van der Waals surface area contributed by atoms with Gasteiger partial charge in [0, 0.05) is 24.6 Å². The summed E-state index contributed by atoms with van der Waals surface area (Å²) in [6, 6.07) is 0.654. The van der Waals surface area contributed by atoms with Crippen LogP contribution < -0.4 is 5.32 Å². The maximum Gasteiger partial charge on any atom is 0.0494 e. The first-order valence-electron chi connectivity index (χ1n) is 5.80. The van der Waals surface area contributed by atoms with Crippen LogP contribution in [0, 0.1) is 17.3 Å². The Balaban J connectivity index is 2.33. The van der Waals surface area contributed by atoms with Crippen molar-refractivity contribution in [3.05, 3.63) is 0 Å². The fourth-order valence-corrected chi connectivity index (χ4v) is 1.85. The molecule has 2 heteroatoms. The Hall–Kier alpha value is -0.0800. The van der Waals surface area contributed by atoms with Crippen LogP contribution in [-0.4, -0.2) is 24.3 Å². The molecule has 0 aromatic rings. The molecule has 1 unspecified atom stereocenters. The van der Waals surface area contributed by atoms with Gasteiger partial charge in [0.1, 0.15) is 0 Å². The molecule has 1 atom stereocenters. The van der Waals surface area contributed by atoms with Gasteiger partial charge < -0.3 is 10.4 Å². The molecule has 2 nitrogen and oxygen atoms in total. The lowest BCUT2D eigenvalue weighted by molar-refractivity contribution is 0.147. The third kappa shape index (κ3) is 3.58. The number of rotatable bonds is 6. The highest BCUT2D eigenvalue weighted by Crippen LogP contribution is 2.35. The van der Waals surface area contributed by atoms with Gasteiger partial charge in [0.15, 0.2) is 0 Å².